The molecule has 19 heavy (non-hydrogen) atoms. The lowest BCUT2D eigenvalue weighted by Crippen LogP contribution is -2.27. The van der Waals surface area contributed by atoms with Crippen molar-refractivity contribution in [2.24, 2.45) is 0 Å². The number of amides is 1. The fourth-order valence-corrected chi connectivity index (χ4v) is 2.04. The second kappa shape index (κ2) is 8.54. The Morgan fingerprint density at radius 3 is 3.05 bits per heavy atom. The van der Waals surface area contributed by atoms with Gasteiger partial charge in [0.25, 0.3) is 0 Å². The third-order valence-corrected chi connectivity index (χ3v) is 3.20. The van der Waals surface area contributed by atoms with Crippen molar-refractivity contribution in [2.45, 2.75) is 18.1 Å². The minimum Gasteiger partial charge on any atom is -0.481 e. The Bertz CT molecular complexity index is 422. The minimum atomic E-state index is -0.892. The van der Waals surface area contributed by atoms with E-state index in [1.165, 1.54) is 0 Å². The van der Waals surface area contributed by atoms with E-state index in [4.69, 9.17) is 9.84 Å². The fourth-order valence-electron chi connectivity index (χ4n) is 1.34. The van der Waals surface area contributed by atoms with Gasteiger partial charge in [-0.25, -0.2) is 4.98 Å². The van der Waals surface area contributed by atoms with Gasteiger partial charge in [0.15, 0.2) is 5.16 Å². The molecule has 0 unspecified atom stereocenters. The van der Waals surface area contributed by atoms with Gasteiger partial charge in [0.1, 0.15) is 0 Å². The first-order valence-electron chi connectivity index (χ1n) is 5.75. The molecule has 0 spiro atoms. The summed E-state index contributed by atoms with van der Waals surface area (Å²) < 4.78 is 6.59. The molecule has 8 heteroatoms. The molecule has 106 valence electrons. The number of carboxylic acids is 1. The van der Waals surface area contributed by atoms with Gasteiger partial charge in [-0.15, -0.1) is 0 Å². The molecule has 0 saturated carbocycles. The van der Waals surface area contributed by atoms with Crippen LogP contribution in [0.25, 0.3) is 0 Å². The molecule has 1 aromatic heterocycles. The van der Waals surface area contributed by atoms with Gasteiger partial charge in [-0.1, -0.05) is 11.8 Å². The summed E-state index contributed by atoms with van der Waals surface area (Å²) in [4.78, 5) is 26.0. The molecule has 1 aromatic rings. The summed E-state index contributed by atoms with van der Waals surface area (Å²) in [6.45, 7) is 1.44. The second-order valence-corrected chi connectivity index (χ2v) is 4.62. The molecule has 1 heterocycles. The lowest BCUT2D eigenvalue weighted by Gasteiger charge is -2.07. The summed E-state index contributed by atoms with van der Waals surface area (Å²) in [7, 11) is 1.57. The van der Waals surface area contributed by atoms with Gasteiger partial charge in [0, 0.05) is 39.0 Å². The van der Waals surface area contributed by atoms with E-state index in [1.54, 1.807) is 24.1 Å². The van der Waals surface area contributed by atoms with E-state index in [-0.39, 0.29) is 11.7 Å². The zero-order valence-electron chi connectivity index (χ0n) is 10.7. The normalized spacial score (nSPS) is 10.4. The summed E-state index contributed by atoms with van der Waals surface area (Å²) >= 11 is 1.14. The number of methoxy groups -OCH3 is 1. The van der Waals surface area contributed by atoms with E-state index >= 15 is 0 Å². The molecule has 0 saturated heterocycles. The quantitative estimate of drug-likeness (QED) is 0.498. The van der Waals surface area contributed by atoms with Gasteiger partial charge < -0.3 is 19.7 Å². The number of imidazole rings is 1. The predicted octanol–water partition coefficient (Wildman–Crippen LogP) is 0.212. The number of carbonyl (C=O) groups excluding carboxylic acids is 1. The number of rotatable bonds is 9. The average Bonchev–Trinajstić information content (AvgIpc) is 2.81. The van der Waals surface area contributed by atoms with Crippen LogP contribution in [0.5, 0.6) is 0 Å². The number of thioether (sulfide) groups is 1. The summed E-state index contributed by atoms with van der Waals surface area (Å²) in [5.74, 6) is -1.01. The molecule has 7 nitrogen and oxygen atoms in total. The van der Waals surface area contributed by atoms with E-state index in [0.29, 0.717) is 31.3 Å². The molecule has 0 fully saturated rings. The molecular weight excluding hydrogens is 270 g/mol. The molecule has 0 atom stereocenters. The van der Waals surface area contributed by atoms with Crippen LogP contribution < -0.4 is 5.32 Å². The van der Waals surface area contributed by atoms with Gasteiger partial charge in [0.2, 0.25) is 5.91 Å². The second-order valence-electron chi connectivity index (χ2n) is 3.68. The van der Waals surface area contributed by atoms with Crippen LogP contribution in [0.2, 0.25) is 0 Å². The molecule has 0 aliphatic rings. The number of hydrogen-bond acceptors (Lipinski definition) is 5. The highest BCUT2D eigenvalue weighted by Crippen LogP contribution is 2.15. The van der Waals surface area contributed by atoms with Gasteiger partial charge in [-0.3, -0.25) is 9.59 Å². The van der Waals surface area contributed by atoms with E-state index < -0.39 is 5.97 Å². The number of carbonyl (C=O) groups is 2. The third-order valence-electron chi connectivity index (χ3n) is 2.21. The Morgan fingerprint density at radius 1 is 1.58 bits per heavy atom. The average molecular weight is 287 g/mol. The monoisotopic (exact) mass is 287 g/mol. The van der Waals surface area contributed by atoms with Crippen LogP contribution in [-0.4, -0.2) is 52.5 Å². The molecule has 2 N–H and O–H groups in total. The number of nitrogens with zero attached hydrogens (tertiary/aromatic N) is 2. The number of carboxylic acid groups (broad SMARTS) is 1. The molecule has 0 bridgehead atoms. The van der Waals surface area contributed by atoms with Crippen LogP contribution in [0, 0.1) is 0 Å². The van der Waals surface area contributed by atoms with Crippen molar-refractivity contribution in [3.63, 3.8) is 0 Å². The van der Waals surface area contributed by atoms with Crippen molar-refractivity contribution < 1.29 is 19.4 Å². The van der Waals surface area contributed by atoms with Crippen molar-refractivity contribution in [3.8, 4) is 0 Å². The van der Waals surface area contributed by atoms with Crippen molar-refractivity contribution in [1.29, 1.82) is 0 Å². The van der Waals surface area contributed by atoms with Crippen molar-refractivity contribution >= 4 is 23.6 Å². The molecule has 1 amide bonds. The zero-order valence-corrected chi connectivity index (χ0v) is 11.5. The topological polar surface area (TPSA) is 93.5 Å². The van der Waals surface area contributed by atoms with Crippen LogP contribution in [-0.2, 0) is 20.9 Å². The van der Waals surface area contributed by atoms with Crippen LogP contribution >= 0.6 is 11.8 Å². The number of aromatic nitrogens is 2. The van der Waals surface area contributed by atoms with Crippen molar-refractivity contribution in [2.75, 3.05) is 26.0 Å². The number of hydrogen-bond donors (Lipinski definition) is 2. The summed E-state index contributed by atoms with van der Waals surface area (Å²) in [6, 6.07) is 0. The molecule has 0 aliphatic carbocycles. The smallest absolute Gasteiger partial charge is 0.313 e. The first-order valence-corrected chi connectivity index (χ1v) is 6.73. The van der Waals surface area contributed by atoms with Gasteiger partial charge in [-0.2, -0.15) is 0 Å². The standard InChI is InChI=1S/C11H17N3O4S/c1-18-7-4-12-9(15)2-5-14-6-3-13-11(14)19-8-10(16)17/h3,6H,2,4-5,7-8H2,1H3,(H,12,15)(H,16,17). The highest BCUT2D eigenvalue weighted by molar-refractivity contribution is 7.99. The minimum absolute atomic E-state index is 0.0446. The SMILES string of the molecule is COCCNC(=O)CCn1ccnc1SCC(=O)O. The van der Waals surface area contributed by atoms with Crippen LogP contribution in [0.1, 0.15) is 6.42 Å². The lowest BCUT2D eigenvalue weighted by atomic mass is 10.4. The first kappa shape index (κ1) is 15.5. The van der Waals surface area contributed by atoms with E-state index in [9.17, 15) is 9.59 Å². The molecule has 0 aliphatic heterocycles. The Hall–Kier alpha value is -1.54. The predicted molar refractivity (Wildman–Crippen MR) is 70.1 cm³/mol. The Balaban J connectivity index is 2.34. The van der Waals surface area contributed by atoms with Gasteiger partial charge in [0.05, 0.1) is 12.4 Å². The highest BCUT2D eigenvalue weighted by Gasteiger charge is 2.08. The number of aryl methyl sites for hydroxylation is 1. The third kappa shape index (κ3) is 6.25. The maximum absolute atomic E-state index is 11.5. The lowest BCUT2D eigenvalue weighted by molar-refractivity contribution is -0.134. The van der Waals surface area contributed by atoms with Crippen LogP contribution in [0.15, 0.2) is 17.6 Å². The highest BCUT2D eigenvalue weighted by atomic mass is 32.2. The van der Waals surface area contributed by atoms with Crippen molar-refractivity contribution in [3.05, 3.63) is 12.4 Å². The maximum atomic E-state index is 11.5. The molecule has 1 rings (SSSR count). The molecule has 0 radical (unpaired) electrons. The summed E-state index contributed by atoms with van der Waals surface area (Å²) in [5.41, 5.74) is 0. The maximum Gasteiger partial charge on any atom is 0.313 e. The fraction of sp³-hybridized carbons (Fsp3) is 0.545. The number of nitrogens with one attached hydrogen (secondary N) is 1. The van der Waals surface area contributed by atoms with Gasteiger partial charge >= 0.3 is 5.97 Å². The Labute approximate surface area is 115 Å². The van der Waals surface area contributed by atoms with E-state index in [2.05, 4.69) is 10.3 Å². The first-order chi connectivity index (χ1) is 9.13. The number of ether oxygens (including phenoxy) is 1. The molecular formula is C11H17N3O4S. The van der Waals surface area contributed by atoms with Gasteiger partial charge in [-0.05, 0) is 0 Å². The Morgan fingerprint density at radius 2 is 2.37 bits per heavy atom. The zero-order chi connectivity index (χ0) is 14.1. The van der Waals surface area contributed by atoms with E-state index in [0.717, 1.165) is 11.8 Å². The largest absolute Gasteiger partial charge is 0.481 e. The number of aliphatic carboxylic acids is 1. The molecule has 0 aromatic carbocycles. The van der Waals surface area contributed by atoms with E-state index in [1.807, 2.05) is 0 Å². The van der Waals surface area contributed by atoms with Crippen LogP contribution in [0.3, 0.4) is 0 Å². The summed E-state index contributed by atoms with van der Waals surface area (Å²) in [5, 5.41) is 11.9. The summed E-state index contributed by atoms with van der Waals surface area (Å²) in [6.07, 6.45) is 3.64. The van der Waals surface area contributed by atoms with Crippen LogP contribution in [0.4, 0.5) is 0 Å². The Kier molecular flexibility index (Phi) is 6.98. The van der Waals surface area contributed by atoms with Crippen molar-refractivity contribution in [1.82, 2.24) is 14.9 Å².